The first-order valence-electron chi connectivity index (χ1n) is 5.92. The molecule has 0 atom stereocenters. The van der Waals surface area contributed by atoms with Crippen LogP contribution in [0.4, 0.5) is 0 Å². The van der Waals surface area contributed by atoms with Gasteiger partial charge in [-0.1, -0.05) is 42.5 Å². The number of hydrogen-bond acceptors (Lipinski definition) is 2. The van der Waals surface area contributed by atoms with Crippen LogP contribution < -0.4 is 10.7 Å². The van der Waals surface area contributed by atoms with Crippen molar-refractivity contribution in [1.82, 2.24) is 0 Å². The summed E-state index contributed by atoms with van der Waals surface area (Å²) in [4.78, 5) is 4.97. The molecule has 0 unspecified atom stereocenters. The van der Waals surface area contributed by atoms with Gasteiger partial charge in [0.15, 0.2) is 5.75 Å². The third-order valence-corrected chi connectivity index (χ3v) is 3.62. The van der Waals surface area contributed by atoms with Crippen LogP contribution in [0.1, 0.15) is 0 Å². The zero-order valence-electron chi connectivity index (χ0n) is 9.68. The van der Waals surface area contributed by atoms with Crippen LogP contribution in [0, 0.1) is 0 Å². The Morgan fingerprint density at radius 3 is 2.00 bits per heavy atom. The van der Waals surface area contributed by atoms with Crippen LogP contribution in [0.5, 0.6) is 5.75 Å². The monoisotopic (exact) mass is 233 g/mol. The van der Waals surface area contributed by atoms with E-state index in [1.165, 1.54) is 26.9 Å². The predicted molar refractivity (Wildman–Crippen MR) is 75.0 cm³/mol. The van der Waals surface area contributed by atoms with Gasteiger partial charge in [-0.25, -0.2) is 0 Å². The maximum atomic E-state index is 5.35. The van der Waals surface area contributed by atoms with E-state index in [9.17, 15) is 0 Å². The number of benzene rings is 4. The average molecular weight is 233 g/mol. The molecule has 2 heteroatoms. The molecule has 0 fully saturated rings. The Balaban J connectivity index is 2.40. The van der Waals surface area contributed by atoms with Crippen molar-refractivity contribution in [2.24, 2.45) is 5.90 Å². The topological polar surface area (TPSA) is 35.2 Å². The highest BCUT2D eigenvalue weighted by atomic mass is 16.6. The fourth-order valence-corrected chi connectivity index (χ4v) is 2.81. The molecule has 0 aliphatic rings. The molecule has 0 aromatic heterocycles. The Kier molecular flexibility index (Phi) is 1.80. The molecule has 18 heavy (non-hydrogen) atoms. The molecule has 0 spiro atoms. The Labute approximate surface area is 104 Å². The van der Waals surface area contributed by atoms with E-state index in [-0.39, 0.29) is 0 Å². The minimum atomic E-state index is 0.723. The number of hydrogen-bond donors (Lipinski definition) is 1. The van der Waals surface area contributed by atoms with Crippen molar-refractivity contribution in [3.63, 3.8) is 0 Å². The zero-order chi connectivity index (χ0) is 12.1. The van der Waals surface area contributed by atoms with Gasteiger partial charge >= 0.3 is 0 Å². The molecular formula is C16H11NO. The third kappa shape index (κ3) is 1.10. The summed E-state index contributed by atoms with van der Waals surface area (Å²) in [5.41, 5.74) is 0. The molecule has 4 aromatic carbocycles. The molecular weight excluding hydrogens is 222 g/mol. The van der Waals surface area contributed by atoms with E-state index >= 15 is 0 Å². The van der Waals surface area contributed by atoms with Gasteiger partial charge in [0.2, 0.25) is 0 Å². The summed E-state index contributed by atoms with van der Waals surface area (Å²) in [6.45, 7) is 0. The molecule has 0 saturated carbocycles. The van der Waals surface area contributed by atoms with Crippen molar-refractivity contribution in [2.45, 2.75) is 0 Å². The fraction of sp³-hybridized carbons (Fsp3) is 0. The fourth-order valence-electron chi connectivity index (χ4n) is 2.81. The Bertz CT molecular complexity index is 851. The summed E-state index contributed by atoms with van der Waals surface area (Å²) in [6, 6.07) is 18.8. The van der Waals surface area contributed by atoms with Gasteiger partial charge in [-0.2, -0.15) is 5.90 Å². The van der Waals surface area contributed by atoms with Gasteiger partial charge in [-0.05, 0) is 33.7 Å². The Morgan fingerprint density at radius 1 is 0.667 bits per heavy atom. The molecule has 0 bridgehead atoms. The van der Waals surface area contributed by atoms with Crippen LogP contribution in [0.3, 0.4) is 0 Å². The standard InChI is InChI=1S/C16H11NO/c17-18-14-9-7-12-5-4-10-2-1-3-11-6-8-13(14)16(12)15(10)11/h1-9H,17H2. The lowest BCUT2D eigenvalue weighted by molar-refractivity contribution is 0.339. The van der Waals surface area contributed by atoms with E-state index in [0.717, 1.165) is 11.1 Å². The van der Waals surface area contributed by atoms with E-state index in [0.29, 0.717) is 0 Å². The second-order valence-electron chi connectivity index (χ2n) is 4.54. The molecule has 0 aliphatic heterocycles. The van der Waals surface area contributed by atoms with Crippen LogP contribution in [0.25, 0.3) is 32.3 Å². The van der Waals surface area contributed by atoms with Crippen LogP contribution >= 0.6 is 0 Å². The molecule has 86 valence electrons. The summed E-state index contributed by atoms with van der Waals surface area (Å²) >= 11 is 0. The second kappa shape index (κ2) is 3.34. The highest BCUT2D eigenvalue weighted by molar-refractivity contribution is 6.24. The molecule has 0 radical (unpaired) electrons. The lowest BCUT2D eigenvalue weighted by atomic mass is 9.94. The molecule has 2 N–H and O–H groups in total. The summed E-state index contributed by atoms with van der Waals surface area (Å²) < 4.78 is 0. The van der Waals surface area contributed by atoms with Gasteiger partial charge in [-0.15, -0.1) is 0 Å². The molecule has 4 aromatic rings. The third-order valence-electron chi connectivity index (χ3n) is 3.62. The van der Waals surface area contributed by atoms with Gasteiger partial charge in [0, 0.05) is 10.8 Å². The van der Waals surface area contributed by atoms with Gasteiger partial charge < -0.3 is 4.84 Å². The first kappa shape index (κ1) is 9.68. The van der Waals surface area contributed by atoms with Crippen molar-refractivity contribution in [1.29, 1.82) is 0 Å². The van der Waals surface area contributed by atoms with Gasteiger partial charge in [0.25, 0.3) is 0 Å². The molecule has 0 amide bonds. The van der Waals surface area contributed by atoms with Gasteiger partial charge in [-0.3, -0.25) is 0 Å². The van der Waals surface area contributed by atoms with Crippen molar-refractivity contribution in [3.8, 4) is 5.75 Å². The highest BCUT2D eigenvalue weighted by Crippen LogP contribution is 2.37. The number of nitrogens with two attached hydrogens (primary N) is 1. The van der Waals surface area contributed by atoms with E-state index in [2.05, 4.69) is 48.5 Å². The van der Waals surface area contributed by atoms with E-state index in [1.807, 2.05) is 6.07 Å². The summed E-state index contributed by atoms with van der Waals surface area (Å²) in [6.07, 6.45) is 0. The van der Waals surface area contributed by atoms with Crippen molar-refractivity contribution >= 4 is 32.3 Å². The van der Waals surface area contributed by atoms with E-state index < -0.39 is 0 Å². The van der Waals surface area contributed by atoms with Crippen molar-refractivity contribution in [3.05, 3.63) is 54.6 Å². The second-order valence-corrected chi connectivity index (χ2v) is 4.54. The van der Waals surface area contributed by atoms with Gasteiger partial charge in [0.1, 0.15) is 0 Å². The van der Waals surface area contributed by atoms with Crippen LogP contribution in [-0.2, 0) is 0 Å². The Hall–Kier alpha value is -2.32. The summed E-state index contributed by atoms with van der Waals surface area (Å²) in [5.74, 6) is 6.07. The number of rotatable bonds is 1. The average Bonchev–Trinajstić information content (AvgIpc) is 2.44. The van der Waals surface area contributed by atoms with Crippen LogP contribution in [0.15, 0.2) is 54.6 Å². The van der Waals surface area contributed by atoms with E-state index in [1.54, 1.807) is 0 Å². The van der Waals surface area contributed by atoms with Crippen molar-refractivity contribution in [2.75, 3.05) is 0 Å². The lowest BCUT2D eigenvalue weighted by Crippen LogP contribution is -2.02. The predicted octanol–water partition coefficient (Wildman–Crippen LogP) is 3.84. The maximum absolute atomic E-state index is 5.35. The smallest absolute Gasteiger partial charge is 0.154 e. The normalized spacial score (nSPS) is 11.6. The minimum absolute atomic E-state index is 0.723. The lowest BCUT2D eigenvalue weighted by Gasteiger charge is -2.12. The zero-order valence-corrected chi connectivity index (χ0v) is 9.68. The first-order chi connectivity index (χ1) is 8.88. The van der Waals surface area contributed by atoms with Crippen LogP contribution in [-0.4, -0.2) is 0 Å². The van der Waals surface area contributed by atoms with Crippen molar-refractivity contribution < 1.29 is 4.84 Å². The SMILES string of the molecule is NOc1ccc2ccc3cccc4ccc1c2c34. The summed E-state index contributed by atoms with van der Waals surface area (Å²) in [7, 11) is 0. The Morgan fingerprint density at radius 2 is 1.28 bits per heavy atom. The molecule has 0 saturated heterocycles. The van der Waals surface area contributed by atoms with Crippen LogP contribution in [0.2, 0.25) is 0 Å². The first-order valence-corrected chi connectivity index (χ1v) is 5.92. The molecule has 4 rings (SSSR count). The molecule has 2 nitrogen and oxygen atoms in total. The molecule has 0 heterocycles. The summed E-state index contributed by atoms with van der Waals surface area (Å²) in [5, 5.41) is 7.30. The largest absolute Gasteiger partial charge is 0.411 e. The minimum Gasteiger partial charge on any atom is -0.411 e. The quantitative estimate of drug-likeness (QED) is 0.400. The van der Waals surface area contributed by atoms with Gasteiger partial charge in [0.05, 0.1) is 0 Å². The maximum Gasteiger partial charge on any atom is 0.154 e. The highest BCUT2D eigenvalue weighted by Gasteiger charge is 2.10. The van der Waals surface area contributed by atoms with E-state index in [4.69, 9.17) is 10.7 Å². The molecule has 0 aliphatic carbocycles.